The lowest BCUT2D eigenvalue weighted by Gasteiger charge is -2.53. The molecule has 0 aromatic carbocycles. The number of rotatable bonds is 3. The van der Waals surface area contributed by atoms with Crippen molar-refractivity contribution in [3.05, 3.63) is 23.2 Å². The molecule has 6 nitrogen and oxygen atoms in total. The van der Waals surface area contributed by atoms with Gasteiger partial charge >= 0.3 is 11.9 Å². The summed E-state index contributed by atoms with van der Waals surface area (Å²) < 4.78 is 17.1. The number of furan rings is 1. The lowest BCUT2D eigenvalue weighted by molar-refractivity contribution is -0.183. The summed E-state index contributed by atoms with van der Waals surface area (Å²) in [6.07, 6.45) is 1.75. The topological polar surface area (TPSA) is 82.8 Å². The second kappa shape index (κ2) is 6.80. The van der Waals surface area contributed by atoms with Gasteiger partial charge in [-0.2, -0.15) is 0 Å². The van der Waals surface area contributed by atoms with E-state index in [4.69, 9.17) is 13.9 Å². The molecule has 0 saturated heterocycles. The second-order valence-corrected chi connectivity index (χ2v) is 8.47. The van der Waals surface area contributed by atoms with Gasteiger partial charge in [-0.15, -0.1) is 0 Å². The Bertz CT molecular complexity index is 776. The highest BCUT2D eigenvalue weighted by Crippen LogP contribution is 2.60. The van der Waals surface area contributed by atoms with Gasteiger partial charge in [0, 0.05) is 17.9 Å². The summed E-state index contributed by atoms with van der Waals surface area (Å²) in [7, 11) is 0. The molecule has 5 atom stereocenters. The molecule has 0 spiro atoms. The van der Waals surface area contributed by atoms with Gasteiger partial charge in [0.15, 0.2) is 5.76 Å². The number of Topliss-reactive ketones (excluding diaryl/α,β-unsaturated/α-hetero) is 1. The van der Waals surface area contributed by atoms with Crippen molar-refractivity contribution in [1.29, 1.82) is 0 Å². The first-order valence-corrected chi connectivity index (χ1v) is 9.58. The number of aryl methyl sites for hydroxylation is 1. The summed E-state index contributed by atoms with van der Waals surface area (Å²) in [6.45, 7) is 10.8. The van der Waals surface area contributed by atoms with Crippen LogP contribution in [0.15, 0.2) is 10.7 Å². The Balaban J connectivity index is 2.16. The molecule has 148 valence electrons. The van der Waals surface area contributed by atoms with Gasteiger partial charge in [-0.3, -0.25) is 14.4 Å². The van der Waals surface area contributed by atoms with Gasteiger partial charge in [0.1, 0.15) is 12.2 Å². The average molecular weight is 376 g/mol. The van der Waals surface area contributed by atoms with E-state index in [1.54, 1.807) is 13.8 Å². The van der Waals surface area contributed by atoms with Crippen LogP contribution in [0.2, 0.25) is 0 Å². The molecule has 2 aliphatic carbocycles. The number of carbonyl (C=O) groups is 3. The van der Waals surface area contributed by atoms with Crippen molar-refractivity contribution in [3.8, 4) is 0 Å². The molecule has 3 rings (SSSR count). The molecule has 1 fully saturated rings. The largest absolute Gasteiger partial charge is 0.462 e. The van der Waals surface area contributed by atoms with Gasteiger partial charge in [0.05, 0.1) is 18.1 Å². The highest BCUT2D eigenvalue weighted by atomic mass is 16.6. The van der Waals surface area contributed by atoms with Crippen LogP contribution in [-0.4, -0.2) is 23.8 Å². The number of ether oxygens (including phenoxy) is 2. The molecular formula is C21H28O6. The van der Waals surface area contributed by atoms with Gasteiger partial charge in [-0.05, 0) is 31.2 Å². The van der Waals surface area contributed by atoms with E-state index in [1.807, 2.05) is 13.8 Å². The van der Waals surface area contributed by atoms with E-state index in [9.17, 15) is 14.4 Å². The Hall–Kier alpha value is -2.11. The lowest BCUT2D eigenvalue weighted by Crippen LogP contribution is -2.56. The van der Waals surface area contributed by atoms with Crippen molar-refractivity contribution >= 4 is 17.7 Å². The number of ketones is 1. The van der Waals surface area contributed by atoms with Gasteiger partial charge in [0.25, 0.3) is 0 Å². The fourth-order valence-electron chi connectivity index (χ4n) is 4.67. The Morgan fingerprint density at radius 1 is 1.26 bits per heavy atom. The van der Waals surface area contributed by atoms with Crippen molar-refractivity contribution in [3.63, 3.8) is 0 Å². The zero-order valence-corrected chi connectivity index (χ0v) is 16.8. The van der Waals surface area contributed by atoms with Crippen molar-refractivity contribution in [2.75, 3.05) is 0 Å². The molecule has 6 heteroatoms. The third-order valence-electron chi connectivity index (χ3n) is 6.37. The fraction of sp³-hybridized carbons (Fsp3) is 0.667. The molecule has 1 saturated carbocycles. The molecule has 2 aliphatic rings. The maximum absolute atomic E-state index is 13.3. The number of hydrogen-bond donors (Lipinski definition) is 0. The summed E-state index contributed by atoms with van der Waals surface area (Å²) in [6, 6.07) is 0. The van der Waals surface area contributed by atoms with Crippen LogP contribution in [-0.2, 0) is 19.1 Å². The molecular weight excluding hydrogens is 348 g/mol. The van der Waals surface area contributed by atoms with E-state index >= 15 is 0 Å². The Morgan fingerprint density at radius 3 is 2.52 bits per heavy atom. The number of carbonyl (C=O) groups excluding carboxylic acids is 3. The lowest BCUT2D eigenvalue weighted by atomic mass is 9.53. The van der Waals surface area contributed by atoms with E-state index < -0.39 is 29.5 Å². The quantitative estimate of drug-likeness (QED) is 0.741. The minimum absolute atomic E-state index is 0.102. The van der Waals surface area contributed by atoms with Gasteiger partial charge in [-0.25, -0.2) is 0 Å². The van der Waals surface area contributed by atoms with Crippen molar-refractivity contribution in [2.24, 2.45) is 23.2 Å². The van der Waals surface area contributed by atoms with Crippen LogP contribution in [0.4, 0.5) is 0 Å². The Kier molecular flexibility index (Phi) is 4.95. The van der Waals surface area contributed by atoms with Crippen LogP contribution in [0.5, 0.6) is 0 Å². The first-order chi connectivity index (χ1) is 12.6. The average Bonchev–Trinajstić information content (AvgIpc) is 2.96. The molecule has 0 amide bonds. The molecule has 0 N–H and O–H groups in total. The summed E-state index contributed by atoms with van der Waals surface area (Å²) in [4.78, 5) is 37.5. The smallest absolute Gasteiger partial charge is 0.309 e. The monoisotopic (exact) mass is 376 g/mol. The van der Waals surface area contributed by atoms with E-state index in [-0.39, 0.29) is 29.3 Å². The standard InChI is InChI=1S/C21H28O6/c1-10(2)20(24)27-19-15-11(3)9-25-18(15)17(23)16-14(26-13(5)22)8-7-12(4)21(16,19)6/h9-10,12,14,16,19H,7-8H2,1-6H3. The minimum Gasteiger partial charge on any atom is -0.462 e. The molecule has 1 heterocycles. The fourth-order valence-corrected chi connectivity index (χ4v) is 4.67. The third kappa shape index (κ3) is 2.99. The second-order valence-electron chi connectivity index (χ2n) is 8.47. The van der Waals surface area contributed by atoms with E-state index in [1.165, 1.54) is 13.2 Å². The zero-order valence-electron chi connectivity index (χ0n) is 16.8. The minimum atomic E-state index is -0.679. The van der Waals surface area contributed by atoms with Crippen LogP contribution in [0.25, 0.3) is 0 Å². The number of fused-ring (bicyclic) bond motifs is 2. The highest BCUT2D eigenvalue weighted by molar-refractivity contribution is 6.00. The van der Waals surface area contributed by atoms with Crippen molar-refractivity contribution < 1.29 is 28.3 Å². The van der Waals surface area contributed by atoms with Gasteiger partial charge in [-0.1, -0.05) is 27.7 Å². The highest BCUT2D eigenvalue weighted by Gasteiger charge is 2.62. The predicted molar refractivity (Wildman–Crippen MR) is 97.0 cm³/mol. The van der Waals surface area contributed by atoms with Crippen molar-refractivity contribution in [1.82, 2.24) is 0 Å². The molecule has 1 aromatic heterocycles. The third-order valence-corrected chi connectivity index (χ3v) is 6.37. The molecule has 5 unspecified atom stereocenters. The van der Waals surface area contributed by atoms with Crippen LogP contribution in [0, 0.1) is 30.1 Å². The molecule has 0 aliphatic heterocycles. The first kappa shape index (κ1) is 19.6. The maximum atomic E-state index is 13.3. The van der Waals surface area contributed by atoms with Crippen LogP contribution >= 0.6 is 0 Å². The van der Waals surface area contributed by atoms with E-state index in [0.29, 0.717) is 12.0 Å². The molecule has 0 radical (unpaired) electrons. The van der Waals surface area contributed by atoms with Gasteiger partial charge < -0.3 is 13.9 Å². The Morgan fingerprint density at radius 2 is 1.93 bits per heavy atom. The summed E-state index contributed by atoms with van der Waals surface area (Å²) in [5.74, 6) is -1.47. The zero-order chi connectivity index (χ0) is 20.1. The van der Waals surface area contributed by atoms with Crippen LogP contribution in [0.1, 0.15) is 75.2 Å². The SMILES string of the molecule is CC(=O)OC1CCC(C)C2(C)C(OC(=O)C(C)C)c3c(C)coc3C(=O)C12. The normalized spacial score (nSPS) is 32.6. The number of esters is 2. The maximum Gasteiger partial charge on any atom is 0.309 e. The van der Waals surface area contributed by atoms with Crippen LogP contribution < -0.4 is 0 Å². The summed E-state index contributed by atoms with van der Waals surface area (Å²) in [5, 5.41) is 0. The molecule has 0 bridgehead atoms. The van der Waals surface area contributed by atoms with E-state index in [0.717, 1.165) is 12.0 Å². The van der Waals surface area contributed by atoms with E-state index in [2.05, 4.69) is 6.92 Å². The molecule has 1 aromatic rings. The van der Waals surface area contributed by atoms with Crippen molar-refractivity contribution in [2.45, 2.75) is 66.6 Å². The van der Waals surface area contributed by atoms with Crippen LogP contribution in [0.3, 0.4) is 0 Å². The first-order valence-electron chi connectivity index (χ1n) is 9.58. The Labute approximate surface area is 159 Å². The predicted octanol–water partition coefficient (Wildman–Crippen LogP) is 4.01. The summed E-state index contributed by atoms with van der Waals surface area (Å²) in [5.41, 5.74) is 0.770. The number of hydrogen-bond acceptors (Lipinski definition) is 6. The molecule has 27 heavy (non-hydrogen) atoms. The van der Waals surface area contributed by atoms with Gasteiger partial charge in [0.2, 0.25) is 5.78 Å². The summed E-state index contributed by atoms with van der Waals surface area (Å²) >= 11 is 0.